The number of carbonyl (C=O) groups excluding carboxylic acids is 1. The van der Waals surface area contributed by atoms with Crippen LogP contribution in [-0.2, 0) is 0 Å². The summed E-state index contributed by atoms with van der Waals surface area (Å²) in [7, 11) is 1.50. The van der Waals surface area contributed by atoms with Gasteiger partial charge < -0.3 is 14.8 Å². The Kier molecular flexibility index (Phi) is 7.05. The molecule has 4 rings (SSSR count). The lowest BCUT2D eigenvalue weighted by Gasteiger charge is -2.14. The summed E-state index contributed by atoms with van der Waals surface area (Å²) in [6.45, 7) is -1.50. The van der Waals surface area contributed by atoms with Crippen molar-refractivity contribution < 1.29 is 27.4 Å². The van der Waals surface area contributed by atoms with Crippen molar-refractivity contribution in [1.82, 2.24) is 9.78 Å². The molecule has 7 nitrogen and oxygen atoms in total. The lowest BCUT2D eigenvalue weighted by molar-refractivity contribution is -0.0494. The Morgan fingerprint density at radius 3 is 2.42 bits per heavy atom. The van der Waals surface area contributed by atoms with Crippen molar-refractivity contribution in [3.8, 4) is 28.3 Å². The van der Waals surface area contributed by atoms with Gasteiger partial charge in [-0.2, -0.15) is 13.9 Å². The van der Waals surface area contributed by atoms with Gasteiger partial charge in [0.2, 0.25) is 5.43 Å². The first-order valence-electron chi connectivity index (χ1n) is 10.7. The van der Waals surface area contributed by atoms with E-state index in [1.165, 1.54) is 49.6 Å². The van der Waals surface area contributed by atoms with Crippen molar-refractivity contribution in [1.29, 1.82) is 0 Å². The number of aryl methyl sites for hydroxylation is 1. The number of ether oxygens (including phenoxy) is 2. The molecule has 0 aliphatic carbocycles. The number of carbonyl (C=O) groups is 1. The van der Waals surface area contributed by atoms with Gasteiger partial charge in [-0.25, -0.2) is 9.07 Å². The molecule has 0 saturated carbocycles. The third-order valence-electron chi connectivity index (χ3n) is 5.26. The first-order valence-corrected chi connectivity index (χ1v) is 10.7. The van der Waals surface area contributed by atoms with Gasteiger partial charge in [-0.05, 0) is 55.0 Å². The first-order chi connectivity index (χ1) is 17.3. The maximum atomic E-state index is 14.3. The van der Waals surface area contributed by atoms with Crippen LogP contribution < -0.4 is 20.2 Å². The number of nitrogens with zero attached hydrogens (tertiary/aromatic N) is 2. The minimum absolute atomic E-state index is 0.0688. The molecule has 4 aromatic rings. The number of nitrogens with one attached hydrogen (secondary N) is 1. The number of alkyl halides is 2. The molecule has 0 radical (unpaired) electrons. The van der Waals surface area contributed by atoms with Crippen molar-refractivity contribution in [3.05, 3.63) is 100 Å². The van der Waals surface area contributed by atoms with Crippen LogP contribution in [0.5, 0.6) is 11.5 Å². The van der Waals surface area contributed by atoms with Crippen LogP contribution in [0.1, 0.15) is 16.2 Å². The Labute approximate surface area is 203 Å². The Hall–Kier alpha value is -4.60. The molecule has 1 amide bonds. The van der Waals surface area contributed by atoms with E-state index < -0.39 is 29.5 Å². The molecule has 36 heavy (non-hydrogen) atoms. The van der Waals surface area contributed by atoms with Crippen molar-refractivity contribution >= 4 is 11.6 Å². The summed E-state index contributed by atoms with van der Waals surface area (Å²) in [6, 6.07) is 17.6. The van der Waals surface area contributed by atoms with Gasteiger partial charge in [-0.3, -0.25) is 9.59 Å². The molecular formula is C26H20F3N3O4. The second-order valence-electron chi connectivity index (χ2n) is 7.63. The molecule has 0 aliphatic rings. The number of amides is 1. The van der Waals surface area contributed by atoms with E-state index in [9.17, 15) is 22.8 Å². The quantitative estimate of drug-likeness (QED) is 0.381. The summed E-state index contributed by atoms with van der Waals surface area (Å²) in [5.74, 6) is -0.977. The van der Waals surface area contributed by atoms with Crippen LogP contribution in [0.3, 0.4) is 0 Å². The molecule has 10 heteroatoms. The van der Waals surface area contributed by atoms with Gasteiger partial charge in [-0.15, -0.1) is 0 Å². The summed E-state index contributed by atoms with van der Waals surface area (Å²) in [5, 5.41) is 6.62. The number of benzene rings is 3. The lowest BCUT2D eigenvalue weighted by atomic mass is 10.0. The standard InChI is InChI=1S/C26H20F3N3O4/c1-15-13-22(33)24(31-32(15)21-6-4-3-5-20(21)27)25(34)30-17-9-12-23(36-26(28)29)19(14-17)16-7-10-18(35-2)11-8-16/h3-14,26H,1-2H3,(H,30,34). The molecule has 0 bridgehead atoms. The van der Waals surface area contributed by atoms with E-state index in [-0.39, 0.29) is 22.7 Å². The fourth-order valence-corrected chi connectivity index (χ4v) is 3.56. The molecule has 0 aliphatic heterocycles. The van der Waals surface area contributed by atoms with Crippen molar-refractivity contribution in [2.45, 2.75) is 13.5 Å². The lowest BCUT2D eigenvalue weighted by Crippen LogP contribution is -2.27. The van der Waals surface area contributed by atoms with E-state index in [2.05, 4.69) is 15.2 Å². The van der Waals surface area contributed by atoms with Crippen LogP contribution in [-0.4, -0.2) is 29.4 Å². The molecule has 1 N–H and O–H groups in total. The van der Waals surface area contributed by atoms with Crippen LogP contribution in [0.15, 0.2) is 77.6 Å². The third-order valence-corrected chi connectivity index (χ3v) is 5.26. The Morgan fingerprint density at radius 1 is 1.03 bits per heavy atom. The highest BCUT2D eigenvalue weighted by Gasteiger charge is 2.19. The highest BCUT2D eigenvalue weighted by Crippen LogP contribution is 2.34. The summed E-state index contributed by atoms with van der Waals surface area (Å²) >= 11 is 0. The van der Waals surface area contributed by atoms with Gasteiger partial charge in [0.15, 0.2) is 5.69 Å². The van der Waals surface area contributed by atoms with Crippen LogP contribution in [0.2, 0.25) is 0 Å². The summed E-state index contributed by atoms with van der Waals surface area (Å²) < 4.78 is 51.2. The number of rotatable bonds is 7. The third kappa shape index (κ3) is 5.22. The minimum atomic E-state index is -3.06. The predicted octanol–water partition coefficient (Wildman–Crippen LogP) is 5.21. The molecule has 1 heterocycles. The second-order valence-corrected chi connectivity index (χ2v) is 7.63. The molecule has 0 spiro atoms. The van der Waals surface area contributed by atoms with E-state index in [4.69, 9.17) is 4.74 Å². The molecule has 0 fully saturated rings. The SMILES string of the molecule is COc1ccc(-c2cc(NC(=O)c3nn(-c4ccccc4F)c(C)cc3=O)ccc2OC(F)F)cc1. The predicted molar refractivity (Wildman–Crippen MR) is 128 cm³/mol. The summed E-state index contributed by atoms with van der Waals surface area (Å²) in [5.41, 5.74) is 0.269. The molecule has 0 saturated heterocycles. The zero-order valence-corrected chi connectivity index (χ0v) is 19.2. The van der Waals surface area contributed by atoms with Crippen LogP contribution >= 0.6 is 0 Å². The minimum Gasteiger partial charge on any atom is -0.497 e. The van der Waals surface area contributed by atoms with Gasteiger partial charge in [0.05, 0.1) is 7.11 Å². The van der Waals surface area contributed by atoms with E-state index in [0.29, 0.717) is 17.0 Å². The monoisotopic (exact) mass is 495 g/mol. The Balaban J connectivity index is 1.70. The molecule has 0 unspecified atom stereocenters. The molecule has 0 atom stereocenters. The van der Waals surface area contributed by atoms with Gasteiger partial charge in [0, 0.05) is 23.0 Å². The second kappa shape index (κ2) is 10.3. The largest absolute Gasteiger partial charge is 0.497 e. The van der Waals surface area contributed by atoms with Crippen molar-refractivity contribution in [2.24, 2.45) is 0 Å². The highest BCUT2D eigenvalue weighted by atomic mass is 19.3. The van der Waals surface area contributed by atoms with Gasteiger partial charge >= 0.3 is 6.61 Å². The van der Waals surface area contributed by atoms with E-state index in [1.54, 1.807) is 37.3 Å². The zero-order chi connectivity index (χ0) is 25.8. The molecular weight excluding hydrogens is 475 g/mol. The maximum absolute atomic E-state index is 14.3. The van der Waals surface area contributed by atoms with Crippen LogP contribution in [0, 0.1) is 12.7 Å². The van der Waals surface area contributed by atoms with E-state index in [1.807, 2.05) is 0 Å². The van der Waals surface area contributed by atoms with Crippen LogP contribution in [0.25, 0.3) is 16.8 Å². The highest BCUT2D eigenvalue weighted by molar-refractivity contribution is 6.03. The fraction of sp³-hybridized carbons (Fsp3) is 0.115. The number of aromatic nitrogens is 2. The molecule has 3 aromatic carbocycles. The smallest absolute Gasteiger partial charge is 0.387 e. The average molecular weight is 495 g/mol. The number of para-hydroxylation sites is 1. The number of hydrogen-bond donors (Lipinski definition) is 1. The summed E-state index contributed by atoms with van der Waals surface area (Å²) in [6.07, 6.45) is 0. The first kappa shape index (κ1) is 24.5. The number of hydrogen-bond acceptors (Lipinski definition) is 5. The van der Waals surface area contributed by atoms with Gasteiger partial charge in [-0.1, -0.05) is 24.3 Å². The van der Waals surface area contributed by atoms with E-state index >= 15 is 0 Å². The van der Waals surface area contributed by atoms with Gasteiger partial charge in [0.25, 0.3) is 5.91 Å². The maximum Gasteiger partial charge on any atom is 0.387 e. The molecule has 1 aromatic heterocycles. The Morgan fingerprint density at radius 2 is 1.75 bits per heavy atom. The topological polar surface area (TPSA) is 82.5 Å². The van der Waals surface area contributed by atoms with Gasteiger partial charge in [0.1, 0.15) is 23.0 Å². The number of halogens is 3. The molecule has 184 valence electrons. The van der Waals surface area contributed by atoms with Crippen molar-refractivity contribution in [3.63, 3.8) is 0 Å². The number of anilines is 1. The average Bonchev–Trinajstić information content (AvgIpc) is 2.85. The Bertz CT molecular complexity index is 1470. The normalized spacial score (nSPS) is 10.8. The summed E-state index contributed by atoms with van der Waals surface area (Å²) in [4.78, 5) is 25.5. The fourth-order valence-electron chi connectivity index (χ4n) is 3.56. The zero-order valence-electron chi connectivity index (χ0n) is 19.2. The number of methoxy groups -OCH3 is 1. The van der Waals surface area contributed by atoms with Crippen LogP contribution in [0.4, 0.5) is 18.9 Å². The van der Waals surface area contributed by atoms with Crippen molar-refractivity contribution in [2.75, 3.05) is 12.4 Å². The van der Waals surface area contributed by atoms with E-state index in [0.717, 1.165) is 4.68 Å².